The van der Waals surface area contributed by atoms with Crippen LogP contribution in [0.5, 0.6) is 0 Å². The minimum Gasteiger partial charge on any atom is -0.444 e. The van der Waals surface area contributed by atoms with Crippen molar-refractivity contribution in [1.82, 2.24) is 9.62 Å². The molecule has 1 atom stereocenters. The van der Waals surface area contributed by atoms with Gasteiger partial charge in [-0.1, -0.05) is 31.8 Å². The molecule has 0 spiro atoms. The summed E-state index contributed by atoms with van der Waals surface area (Å²) in [5.41, 5.74) is 1.65. The van der Waals surface area contributed by atoms with E-state index in [-0.39, 0.29) is 25.0 Å². The van der Waals surface area contributed by atoms with E-state index < -0.39 is 30.0 Å². The average Bonchev–Trinajstić information content (AvgIpc) is 2.79. The van der Waals surface area contributed by atoms with Crippen molar-refractivity contribution in [2.75, 3.05) is 17.4 Å². The molecule has 0 saturated carbocycles. The van der Waals surface area contributed by atoms with Gasteiger partial charge in [0.15, 0.2) is 0 Å². The molecule has 2 rings (SSSR count). The zero-order chi connectivity index (χ0) is 24.5. The van der Waals surface area contributed by atoms with E-state index in [2.05, 4.69) is 25.0 Å². The van der Waals surface area contributed by atoms with Crippen molar-refractivity contribution in [1.29, 1.82) is 0 Å². The van der Waals surface area contributed by atoms with Crippen molar-refractivity contribution >= 4 is 36.0 Å². The summed E-state index contributed by atoms with van der Waals surface area (Å²) in [4.78, 5) is 24.4. The second kappa shape index (κ2) is 9.42. The maximum Gasteiger partial charge on any atom is 0.407 e. The van der Waals surface area contributed by atoms with Crippen molar-refractivity contribution < 1.29 is 22.7 Å². The van der Waals surface area contributed by atoms with Crippen LogP contribution in [0.3, 0.4) is 0 Å². The second-order valence-electron chi connectivity index (χ2n) is 10.7. The van der Waals surface area contributed by atoms with Crippen LogP contribution in [-0.2, 0) is 26.2 Å². The van der Waals surface area contributed by atoms with Crippen molar-refractivity contribution in [2.45, 2.75) is 78.4 Å². The molecule has 1 heterocycles. The molecule has 0 bridgehead atoms. The Labute approximate surface area is 193 Å². The van der Waals surface area contributed by atoms with E-state index in [1.54, 1.807) is 6.07 Å². The summed E-state index contributed by atoms with van der Waals surface area (Å²) < 4.78 is 33.6. The molecular formula is C22H37N3O5SSi. The highest BCUT2D eigenvalue weighted by Crippen LogP contribution is 2.30. The normalized spacial score (nSPS) is 17.4. The SMILES string of the molecule is Cc1cc(C[C@@H](C)NC(=O)OC(C)(C)C)ccc1N1CC(=O)N(CC[Si](C)(C)C)S1(=O)=O. The third kappa shape index (κ3) is 6.96. The van der Waals surface area contributed by atoms with Gasteiger partial charge in [-0.25, -0.2) is 13.4 Å². The highest BCUT2D eigenvalue weighted by molar-refractivity contribution is 7.91. The molecule has 32 heavy (non-hydrogen) atoms. The number of benzene rings is 1. The van der Waals surface area contributed by atoms with Crippen LogP contribution in [0.2, 0.25) is 25.7 Å². The number of alkyl carbamates (subject to hydrolysis) is 1. The van der Waals surface area contributed by atoms with E-state index in [1.807, 2.05) is 46.8 Å². The lowest BCUT2D eigenvalue weighted by molar-refractivity contribution is -0.123. The fourth-order valence-electron chi connectivity index (χ4n) is 3.46. The number of hydrogen-bond acceptors (Lipinski definition) is 5. The predicted octanol–water partition coefficient (Wildman–Crippen LogP) is 3.68. The maximum absolute atomic E-state index is 13.1. The van der Waals surface area contributed by atoms with E-state index in [0.29, 0.717) is 12.1 Å². The molecule has 180 valence electrons. The van der Waals surface area contributed by atoms with Crippen molar-refractivity contribution in [3.63, 3.8) is 0 Å². The van der Waals surface area contributed by atoms with Gasteiger partial charge >= 0.3 is 16.3 Å². The Morgan fingerprint density at radius 1 is 1.25 bits per heavy atom. The Morgan fingerprint density at radius 3 is 2.41 bits per heavy atom. The van der Waals surface area contributed by atoms with Crippen molar-refractivity contribution in [3.8, 4) is 0 Å². The minimum absolute atomic E-state index is 0.163. The third-order valence-corrected chi connectivity index (χ3v) is 8.56. The summed E-state index contributed by atoms with van der Waals surface area (Å²) >= 11 is 0. The van der Waals surface area contributed by atoms with E-state index in [0.717, 1.165) is 21.5 Å². The number of carbonyl (C=O) groups is 2. The number of aryl methyl sites for hydroxylation is 1. The van der Waals surface area contributed by atoms with Gasteiger partial charge in [-0.2, -0.15) is 8.42 Å². The van der Waals surface area contributed by atoms with Crippen LogP contribution in [-0.4, -0.2) is 57.5 Å². The Kier molecular flexibility index (Phi) is 7.71. The summed E-state index contributed by atoms with van der Waals surface area (Å²) in [6.07, 6.45) is 0.0902. The van der Waals surface area contributed by atoms with Gasteiger partial charge in [-0.3, -0.25) is 4.79 Å². The summed E-state index contributed by atoms with van der Waals surface area (Å²) in [5.74, 6) is -0.387. The fraction of sp³-hybridized carbons (Fsp3) is 0.636. The van der Waals surface area contributed by atoms with Gasteiger partial charge in [0, 0.05) is 20.7 Å². The summed E-state index contributed by atoms with van der Waals surface area (Å²) in [6, 6.07) is 6.03. The Bertz CT molecular complexity index is 967. The van der Waals surface area contributed by atoms with Gasteiger partial charge in [0.1, 0.15) is 12.1 Å². The number of nitrogens with zero attached hydrogens (tertiary/aromatic N) is 2. The standard InChI is InChI=1S/C22H37N3O5SSi/c1-16-13-18(14-17(2)23-21(27)30-22(3,4)5)9-10-19(16)25-15-20(26)24(31(25,28)29)11-12-32(6,7)8/h9-10,13,17H,11-12,14-15H2,1-8H3,(H,23,27)/t17-/m1/s1. The number of nitrogens with one attached hydrogen (secondary N) is 1. The molecule has 1 saturated heterocycles. The topological polar surface area (TPSA) is 96.0 Å². The van der Waals surface area contributed by atoms with Crippen LogP contribution in [0, 0.1) is 6.92 Å². The van der Waals surface area contributed by atoms with E-state index >= 15 is 0 Å². The van der Waals surface area contributed by atoms with Crippen LogP contribution >= 0.6 is 0 Å². The first kappa shape index (κ1) is 26.2. The molecule has 1 aliphatic rings. The molecule has 8 nitrogen and oxygen atoms in total. The third-order valence-electron chi connectivity index (χ3n) is 5.01. The molecule has 1 aliphatic heterocycles. The van der Waals surface area contributed by atoms with Crippen LogP contribution in [0.1, 0.15) is 38.8 Å². The molecule has 10 heteroatoms. The summed E-state index contributed by atoms with van der Waals surface area (Å²) in [7, 11) is -5.37. The Morgan fingerprint density at radius 2 is 1.88 bits per heavy atom. The zero-order valence-corrected chi connectivity index (χ0v) is 22.3. The first-order valence-corrected chi connectivity index (χ1v) is 16.0. The monoisotopic (exact) mass is 483 g/mol. The number of ether oxygens (including phenoxy) is 1. The number of carbonyl (C=O) groups excluding carboxylic acids is 2. The molecule has 1 fully saturated rings. The quantitative estimate of drug-likeness (QED) is 0.597. The number of rotatable bonds is 7. The Balaban J connectivity index is 2.11. The second-order valence-corrected chi connectivity index (χ2v) is 18.1. The highest BCUT2D eigenvalue weighted by atomic mass is 32.2. The van der Waals surface area contributed by atoms with Gasteiger partial charge in [-0.15, -0.1) is 0 Å². The molecule has 0 radical (unpaired) electrons. The predicted molar refractivity (Wildman–Crippen MR) is 130 cm³/mol. The molecule has 0 aliphatic carbocycles. The zero-order valence-electron chi connectivity index (χ0n) is 20.5. The molecule has 0 unspecified atom stereocenters. The van der Waals surface area contributed by atoms with Crippen LogP contribution in [0.25, 0.3) is 0 Å². The van der Waals surface area contributed by atoms with E-state index in [4.69, 9.17) is 4.74 Å². The number of anilines is 1. The van der Waals surface area contributed by atoms with Gasteiger partial charge < -0.3 is 10.1 Å². The molecule has 1 aromatic carbocycles. The molecular weight excluding hydrogens is 446 g/mol. The first-order chi connectivity index (χ1) is 14.5. The average molecular weight is 484 g/mol. The van der Waals surface area contributed by atoms with Crippen LogP contribution < -0.4 is 9.62 Å². The smallest absolute Gasteiger partial charge is 0.407 e. The van der Waals surface area contributed by atoms with Gasteiger partial charge in [0.2, 0.25) is 0 Å². The van der Waals surface area contributed by atoms with Crippen LogP contribution in [0.4, 0.5) is 10.5 Å². The number of hydrogen-bond donors (Lipinski definition) is 1. The Hall–Kier alpha value is -2.07. The summed E-state index contributed by atoms with van der Waals surface area (Å²) in [5, 5.41) is 2.81. The minimum atomic E-state index is -3.88. The first-order valence-electron chi connectivity index (χ1n) is 10.9. The molecule has 1 aromatic rings. The molecule has 2 amide bonds. The molecule has 1 N–H and O–H groups in total. The van der Waals surface area contributed by atoms with Gasteiger partial charge in [-0.05, 0) is 64.3 Å². The van der Waals surface area contributed by atoms with Crippen molar-refractivity contribution in [3.05, 3.63) is 29.3 Å². The lowest BCUT2D eigenvalue weighted by atomic mass is 10.0. The van der Waals surface area contributed by atoms with Gasteiger partial charge in [0.05, 0.1) is 5.69 Å². The molecule has 0 aromatic heterocycles. The summed E-state index contributed by atoms with van der Waals surface area (Å²) in [6.45, 7) is 15.7. The van der Waals surface area contributed by atoms with E-state index in [9.17, 15) is 18.0 Å². The van der Waals surface area contributed by atoms with E-state index in [1.165, 1.54) is 4.31 Å². The van der Waals surface area contributed by atoms with Crippen LogP contribution in [0.15, 0.2) is 18.2 Å². The lowest BCUT2D eigenvalue weighted by Crippen LogP contribution is -2.38. The largest absolute Gasteiger partial charge is 0.444 e. The maximum atomic E-state index is 13.1. The fourth-order valence-corrected chi connectivity index (χ4v) is 6.11. The highest BCUT2D eigenvalue weighted by Gasteiger charge is 2.43. The lowest BCUT2D eigenvalue weighted by Gasteiger charge is -2.24. The number of amides is 2. The van der Waals surface area contributed by atoms with Gasteiger partial charge in [0.25, 0.3) is 5.91 Å². The van der Waals surface area contributed by atoms with Crippen molar-refractivity contribution in [2.24, 2.45) is 0 Å².